The van der Waals surface area contributed by atoms with Gasteiger partial charge in [0, 0.05) is 12.6 Å². The Balaban J connectivity index is 2.16. The van der Waals surface area contributed by atoms with Crippen LogP contribution in [0.2, 0.25) is 0 Å². The maximum absolute atomic E-state index is 12.7. The van der Waals surface area contributed by atoms with Crippen LogP contribution in [0, 0.1) is 6.92 Å². The molecule has 1 aromatic carbocycles. The molecule has 1 atom stereocenters. The van der Waals surface area contributed by atoms with Gasteiger partial charge in [0.25, 0.3) is 0 Å². The number of benzene rings is 1. The lowest BCUT2D eigenvalue weighted by molar-refractivity contribution is -0.130. The fraction of sp³-hybridized carbons (Fsp3) is 0.588. The highest BCUT2D eigenvalue weighted by atomic mass is 16.3. The first-order valence-corrected chi connectivity index (χ1v) is 7.61. The topological polar surface area (TPSA) is 49.3 Å². The first-order chi connectivity index (χ1) is 9.62. The van der Waals surface area contributed by atoms with E-state index in [1.165, 1.54) is 5.56 Å². The Labute approximate surface area is 121 Å². The number of carbonyl (C=O) groups is 1. The van der Waals surface area contributed by atoms with E-state index in [9.17, 15) is 4.79 Å². The smallest absolute Gasteiger partial charge is 0.230 e. The normalized spacial score (nSPS) is 18.1. The maximum atomic E-state index is 12.7. The maximum Gasteiger partial charge on any atom is 0.230 e. The van der Waals surface area contributed by atoms with Crippen molar-refractivity contribution in [2.24, 2.45) is 0 Å². The lowest BCUT2D eigenvalue weighted by Crippen LogP contribution is -2.52. The standard InChI is InChI=1S/C17H25NO2/c1-3-15(8-11-19)18-16(20)17(9-5-10-17)14-7-4-6-13(2)12-14/h4,6-7,12,15,19H,3,5,8-11H2,1-2H3,(H,18,20). The summed E-state index contributed by atoms with van der Waals surface area (Å²) in [5, 5.41) is 12.2. The van der Waals surface area contributed by atoms with Crippen molar-refractivity contribution >= 4 is 5.91 Å². The summed E-state index contributed by atoms with van der Waals surface area (Å²) in [6.45, 7) is 4.23. The van der Waals surface area contributed by atoms with Crippen LogP contribution >= 0.6 is 0 Å². The minimum absolute atomic E-state index is 0.0785. The van der Waals surface area contributed by atoms with E-state index in [0.717, 1.165) is 31.2 Å². The van der Waals surface area contributed by atoms with E-state index in [4.69, 9.17) is 5.11 Å². The summed E-state index contributed by atoms with van der Waals surface area (Å²) in [5.41, 5.74) is 2.00. The first-order valence-electron chi connectivity index (χ1n) is 7.61. The Hall–Kier alpha value is -1.35. The predicted molar refractivity (Wildman–Crippen MR) is 80.6 cm³/mol. The Morgan fingerprint density at radius 1 is 1.45 bits per heavy atom. The van der Waals surface area contributed by atoms with Crippen molar-refractivity contribution in [3.63, 3.8) is 0 Å². The zero-order valence-corrected chi connectivity index (χ0v) is 12.5. The molecule has 0 aliphatic heterocycles. The van der Waals surface area contributed by atoms with Gasteiger partial charge in [-0.25, -0.2) is 0 Å². The summed E-state index contributed by atoms with van der Waals surface area (Å²) < 4.78 is 0. The van der Waals surface area contributed by atoms with Crippen LogP contribution in [0.25, 0.3) is 0 Å². The highest BCUT2D eigenvalue weighted by Gasteiger charge is 2.45. The lowest BCUT2D eigenvalue weighted by atomic mass is 9.63. The molecule has 0 spiro atoms. The monoisotopic (exact) mass is 275 g/mol. The number of aliphatic hydroxyl groups is 1. The van der Waals surface area contributed by atoms with Crippen LogP contribution in [0.15, 0.2) is 24.3 Å². The molecule has 1 aliphatic carbocycles. The van der Waals surface area contributed by atoms with Crippen LogP contribution < -0.4 is 5.32 Å². The fourth-order valence-electron chi connectivity index (χ4n) is 2.98. The van der Waals surface area contributed by atoms with Crippen molar-refractivity contribution in [2.75, 3.05) is 6.61 Å². The highest BCUT2D eigenvalue weighted by Crippen LogP contribution is 2.44. The van der Waals surface area contributed by atoms with Crippen LogP contribution in [-0.2, 0) is 10.2 Å². The number of carbonyl (C=O) groups excluding carboxylic acids is 1. The van der Waals surface area contributed by atoms with E-state index in [-0.39, 0.29) is 24.0 Å². The van der Waals surface area contributed by atoms with Crippen LogP contribution in [0.1, 0.15) is 50.2 Å². The van der Waals surface area contributed by atoms with Crippen molar-refractivity contribution in [3.05, 3.63) is 35.4 Å². The molecular weight excluding hydrogens is 250 g/mol. The Bertz CT molecular complexity index is 466. The van der Waals surface area contributed by atoms with E-state index in [0.29, 0.717) is 6.42 Å². The third-order valence-corrected chi connectivity index (χ3v) is 4.52. The van der Waals surface area contributed by atoms with Crippen LogP contribution in [0.5, 0.6) is 0 Å². The number of amides is 1. The van der Waals surface area contributed by atoms with Crippen molar-refractivity contribution in [1.29, 1.82) is 0 Å². The van der Waals surface area contributed by atoms with E-state index in [1.54, 1.807) is 0 Å². The first kappa shape index (κ1) is 15.0. The van der Waals surface area contributed by atoms with Gasteiger partial charge < -0.3 is 10.4 Å². The molecule has 0 bridgehead atoms. The molecule has 0 saturated heterocycles. The molecule has 0 heterocycles. The van der Waals surface area contributed by atoms with Gasteiger partial charge in [-0.2, -0.15) is 0 Å². The molecular formula is C17H25NO2. The molecule has 3 nitrogen and oxygen atoms in total. The Morgan fingerprint density at radius 3 is 2.70 bits per heavy atom. The van der Waals surface area contributed by atoms with E-state index >= 15 is 0 Å². The van der Waals surface area contributed by atoms with Crippen molar-refractivity contribution in [1.82, 2.24) is 5.32 Å². The van der Waals surface area contributed by atoms with Crippen molar-refractivity contribution in [3.8, 4) is 0 Å². The molecule has 1 aromatic rings. The van der Waals surface area contributed by atoms with E-state index in [2.05, 4.69) is 30.4 Å². The second-order valence-electron chi connectivity index (χ2n) is 5.90. The quantitative estimate of drug-likeness (QED) is 0.838. The molecule has 1 fully saturated rings. The zero-order valence-electron chi connectivity index (χ0n) is 12.5. The number of hydrogen-bond donors (Lipinski definition) is 2. The average Bonchev–Trinajstić information content (AvgIpc) is 2.37. The van der Waals surface area contributed by atoms with Gasteiger partial charge in [0.05, 0.1) is 5.41 Å². The second kappa shape index (κ2) is 6.40. The fourth-order valence-corrected chi connectivity index (χ4v) is 2.98. The van der Waals surface area contributed by atoms with E-state index < -0.39 is 0 Å². The van der Waals surface area contributed by atoms with Crippen molar-refractivity contribution in [2.45, 2.75) is 57.4 Å². The largest absolute Gasteiger partial charge is 0.396 e. The Kier molecular flexibility index (Phi) is 4.81. The summed E-state index contributed by atoms with van der Waals surface area (Å²) in [7, 11) is 0. The lowest BCUT2D eigenvalue weighted by Gasteiger charge is -2.41. The molecule has 2 N–H and O–H groups in total. The molecule has 0 aromatic heterocycles. The molecule has 2 rings (SSSR count). The van der Waals surface area contributed by atoms with Crippen molar-refractivity contribution < 1.29 is 9.90 Å². The van der Waals surface area contributed by atoms with Gasteiger partial charge in [0.15, 0.2) is 0 Å². The molecule has 1 amide bonds. The molecule has 1 saturated carbocycles. The number of nitrogens with one attached hydrogen (secondary N) is 1. The summed E-state index contributed by atoms with van der Waals surface area (Å²) in [6, 6.07) is 8.37. The Morgan fingerprint density at radius 2 is 2.20 bits per heavy atom. The second-order valence-corrected chi connectivity index (χ2v) is 5.90. The number of aryl methyl sites for hydroxylation is 1. The summed E-state index contributed by atoms with van der Waals surface area (Å²) in [4.78, 5) is 12.7. The minimum atomic E-state index is -0.338. The third kappa shape index (κ3) is 2.88. The molecule has 0 radical (unpaired) electrons. The summed E-state index contributed by atoms with van der Waals surface area (Å²) in [6.07, 6.45) is 4.45. The van der Waals surface area contributed by atoms with Crippen LogP contribution in [-0.4, -0.2) is 23.7 Å². The van der Waals surface area contributed by atoms with Gasteiger partial charge in [0.2, 0.25) is 5.91 Å². The summed E-state index contributed by atoms with van der Waals surface area (Å²) >= 11 is 0. The number of hydrogen-bond acceptors (Lipinski definition) is 2. The molecule has 20 heavy (non-hydrogen) atoms. The minimum Gasteiger partial charge on any atom is -0.396 e. The zero-order chi connectivity index (χ0) is 14.6. The van der Waals surface area contributed by atoms with Gasteiger partial charge >= 0.3 is 0 Å². The predicted octanol–water partition coefficient (Wildman–Crippen LogP) is 2.69. The van der Waals surface area contributed by atoms with Gasteiger partial charge in [-0.15, -0.1) is 0 Å². The average molecular weight is 275 g/mol. The molecule has 3 heteroatoms. The molecule has 110 valence electrons. The van der Waals surface area contributed by atoms with Crippen LogP contribution in [0.3, 0.4) is 0 Å². The van der Waals surface area contributed by atoms with Gasteiger partial charge in [-0.3, -0.25) is 4.79 Å². The SMILES string of the molecule is CCC(CCO)NC(=O)C1(c2cccc(C)c2)CCC1. The summed E-state index contributed by atoms with van der Waals surface area (Å²) in [5.74, 6) is 0.134. The number of aliphatic hydroxyl groups excluding tert-OH is 1. The van der Waals surface area contributed by atoms with Crippen LogP contribution in [0.4, 0.5) is 0 Å². The highest BCUT2D eigenvalue weighted by molar-refractivity contribution is 5.89. The van der Waals surface area contributed by atoms with Gasteiger partial charge in [-0.05, 0) is 38.2 Å². The number of rotatable bonds is 6. The molecule has 1 aliphatic rings. The van der Waals surface area contributed by atoms with Gasteiger partial charge in [0.1, 0.15) is 0 Å². The molecule has 1 unspecified atom stereocenters. The van der Waals surface area contributed by atoms with Gasteiger partial charge in [-0.1, -0.05) is 43.2 Å². The third-order valence-electron chi connectivity index (χ3n) is 4.52. The van der Waals surface area contributed by atoms with E-state index in [1.807, 2.05) is 13.0 Å².